The van der Waals surface area contributed by atoms with Crippen molar-refractivity contribution in [3.05, 3.63) is 34.9 Å². The fourth-order valence-corrected chi connectivity index (χ4v) is 3.32. The molecule has 2 aliphatic rings. The largest absolute Gasteiger partial charge is 0.385 e. The molecule has 21 heavy (non-hydrogen) atoms. The third-order valence-electron chi connectivity index (χ3n) is 4.93. The zero-order valence-electron chi connectivity index (χ0n) is 12.7. The Morgan fingerprint density at radius 2 is 2.14 bits per heavy atom. The number of nitrogens with one attached hydrogen (secondary N) is 2. The van der Waals surface area contributed by atoms with Crippen LogP contribution >= 0.6 is 0 Å². The molecule has 0 saturated heterocycles. The molecule has 1 heterocycles. The highest BCUT2D eigenvalue weighted by Gasteiger charge is 2.43. The van der Waals surface area contributed by atoms with Crippen molar-refractivity contribution in [3.63, 3.8) is 0 Å². The van der Waals surface area contributed by atoms with Crippen molar-refractivity contribution < 1.29 is 9.53 Å². The minimum absolute atomic E-state index is 0.172. The van der Waals surface area contributed by atoms with Crippen molar-refractivity contribution >= 4 is 5.91 Å². The summed E-state index contributed by atoms with van der Waals surface area (Å²) in [4.78, 5) is 12.5. The van der Waals surface area contributed by atoms with Crippen molar-refractivity contribution in [2.24, 2.45) is 5.41 Å². The smallest absolute Gasteiger partial charge is 0.226 e. The molecule has 4 heteroatoms. The van der Waals surface area contributed by atoms with Crippen molar-refractivity contribution in [3.8, 4) is 0 Å². The van der Waals surface area contributed by atoms with Gasteiger partial charge in [-0.05, 0) is 36.0 Å². The Labute approximate surface area is 126 Å². The number of methoxy groups -OCH3 is 1. The van der Waals surface area contributed by atoms with Crippen LogP contribution < -0.4 is 10.6 Å². The second kappa shape index (κ2) is 6.16. The number of carbonyl (C=O) groups is 1. The van der Waals surface area contributed by atoms with Gasteiger partial charge in [-0.25, -0.2) is 0 Å². The van der Waals surface area contributed by atoms with Crippen molar-refractivity contribution in [2.75, 3.05) is 13.7 Å². The summed E-state index contributed by atoms with van der Waals surface area (Å²) in [5.74, 6) is 0.199. The van der Waals surface area contributed by atoms with Crippen LogP contribution in [-0.4, -0.2) is 19.6 Å². The summed E-state index contributed by atoms with van der Waals surface area (Å²) in [5, 5.41) is 6.47. The first-order valence-corrected chi connectivity index (χ1v) is 7.82. The summed E-state index contributed by atoms with van der Waals surface area (Å²) in [6, 6.07) is 6.49. The maximum absolute atomic E-state index is 12.5. The Morgan fingerprint density at radius 3 is 2.86 bits per heavy atom. The van der Waals surface area contributed by atoms with E-state index in [1.54, 1.807) is 7.11 Å². The number of rotatable bonds is 6. The third kappa shape index (κ3) is 2.97. The standard InChI is InChI=1S/C17H24N2O2/c1-21-8-7-17(5-2-6-17)16(20)19-10-13-3-4-14-11-18-12-15(14)9-13/h3-4,9,18H,2,5-8,10-12H2,1H3,(H,19,20). The van der Waals surface area contributed by atoms with E-state index < -0.39 is 0 Å². The van der Waals surface area contributed by atoms with E-state index in [0.29, 0.717) is 13.2 Å². The lowest BCUT2D eigenvalue weighted by Gasteiger charge is -2.40. The first-order valence-electron chi connectivity index (χ1n) is 7.82. The molecule has 0 bridgehead atoms. The molecule has 0 spiro atoms. The second-order valence-corrected chi connectivity index (χ2v) is 6.27. The van der Waals surface area contributed by atoms with Gasteiger partial charge in [0, 0.05) is 33.4 Å². The quantitative estimate of drug-likeness (QED) is 0.843. The van der Waals surface area contributed by atoms with Crippen LogP contribution in [0.25, 0.3) is 0 Å². The van der Waals surface area contributed by atoms with Gasteiger partial charge in [-0.2, -0.15) is 0 Å². The van der Waals surface area contributed by atoms with E-state index >= 15 is 0 Å². The van der Waals surface area contributed by atoms with Gasteiger partial charge in [0.05, 0.1) is 5.41 Å². The van der Waals surface area contributed by atoms with Crippen molar-refractivity contribution in [1.82, 2.24) is 10.6 Å². The molecule has 0 unspecified atom stereocenters. The van der Waals surface area contributed by atoms with E-state index in [0.717, 1.165) is 38.8 Å². The number of hydrogen-bond donors (Lipinski definition) is 2. The summed E-state index contributed by atoms with van der Waals surface area (Å²) in [6.45, 7) is 3.19. The Bertz CT molecular complexity index is 524. The number of hydrogen-bond acceptors (Lipinski definition) is 3. The van der Waals surface area contributed by atoms with Crippen LogP contribution in [-0.2, 0) is 29.2 Å². The van der Waals surface area contributed by atoms with Crippen LogP contribution in [0.15, 0.2) is 18.2 Å². The van der Waals surface area contributed by atoms with Crippen LogP contribution in [0.4, 0.5) is 0 Å². The fraction of sp³-hybridized carbons (Fsp3) is 0.588. The molecule has 1 aromatic carbocycles. The zero-order valence-corrected chi connectivity index (χ0v) is 12.7. The van der Waals surface area contributed by atoms with E-state index in [-0.39, 0.29) is 11.3 Å². The van der Waals surface area contributed by atoms with Gasteiger partial charge in [-0.1, -0.05) is 24.6 Å². The lowest BCUT2D eigenvalue weighted by Crippen LogP contribution is -2.46. The van der Waals surface area contributed by atoms with Gasteiger partial charge in [0.2, 0.25) is 5.91 Å². The molecular weight excluding hydrogens is 264 g/mol. The SMILES string of the molecule is COCCC1(C(=O)NCc2ccc3c(c2)CNC3)CCC1. The molecule has 1 aliphatic carbocycles. The fourth-order valence-electron chi connectivity index (χ4n) is 3.32. The first-order chi connectivity index (χ1) is 10.2. The molecule has 2 N–H and O–H groups in total. The predicted molar refractivity (Wildman–Crippen MR) is 81.6 cm³/mol. The van der Waals surface area contributed by atoms with Crippen LogP contribution in [0, 0.1) is 5.41 Å². The van der Waals surface area contributed by atoms with Gasteiger partial charge in [0.1, 0.15) is 0 Å². The molecule has 1 saturated carbocycles. The number of benzene rings is 1. The normalized spacial score (nSPS) is 18.9. The van der Waals surface area contributed by atoms with Gasteiger partial charge in [-0.15, -0.1) is 0 Å². The molecule has 1 aliphatic heterocycles. The number of carbonyl (C=O) groups excluding carboxylic acids is 1. The summed E-state index contributed by atoms with van der Waals surface area (Å²) in [6.07, 6.45) is 3.98. The Hall–Kier alpha value is -1.39. The Balaban J connectivity index is 1.58. The van der Waals surface area contributed by atoms with E-state index in [9.17, 15) is 4.79 Å². The van der Waals surface area contributed by atoms with Gasteiger partial charge in [-0.3, -0.25) is 4.79 Å². The zero-order chi connectivity index (χ0) is 14.7. The predicted octanol–water partition coefficient (Wildman–Crippen LogP) is 2.11. The Morgan fingerprint density at radius 1 is 1.33 bits per heavy atom. The van der Waals surface area contributed by atoms with Crippen LogP contribution in [0.3, 0.4) is 0 Å². The molecular formula is C17H24N2O2. The van der Waals surface area contributed by atoms with E-state index in [2.05, 4.69) is 28.8 Å². The number of fused-ring (bicyclic) bond motifs is 1. The summed E-state index contributed by atoms with van der Waals surface area (Å²) >= 11 is 0. The van der Waals surface area contributed by atoms with Crippen LogP contribution in [0.2, 0.25) is 0 Å². The number of amides is 1. The maximum Gasteiger partial charge on any atom is 0.226 e. The third-order valence-corrected chi connectivity index (χ3v) is 4.93. The topological polar surface area (TPSA) is 50.4 Å². The highest BCUT2D eigenvalue weighted by Crippen LogP contribution is 2.44. The maximum atomic E-state index is 12.5. The van der Waals surface area contributed by atoms with Gasteiger partial charge in [0.25, 0.3) is 0 Å². The van der Waals surface area contributed by atoms with E-state index in [1.807, 2.05) is 0 Å². The van der Waals surface area contributed by atoms with Crippen molar-refractivity contribution in [2.45, 2.75) is 45.3 Å². The lowest BCUT2D eigenvalue weighted by atomic mass is 9.66. The van der Waals surface area contributed by atoms with Crippen molar-refractivity contribution in [1.29, 1.82) is 0 Å². The Kier molecular flexibility index (Phi) is 4.27. The molecule has 4 nitrogen and oxygen atoms in total. The molecule has 0 atom stereocenters. The highest BCUT2D eigenvalue weighted by atomic mass is 16.5. The minimum atomic E-state index is -0.172. The van der Waals surface area contributed by atoms with Crippen LogP contribution in [0.1, 0.15) is 42.4 Å². The monoisotopic (exact) mass is 288 g/mol. The first kappa shape index (κ1) is 14.5. The van der Waals surface area contributed by atoms with E-state index in [1.165, 1.54) is 16.7 Å². The summed E-state index contributed by atoms with van der Waals surface area (Å²) in [7, 11) is 1.70. The lowest BCUT2D eigenvalue weighted by molar-refractivity contribution is -0.137. The minimum Gasteiger partial charge on any atom is -0.385 e. The molecule has 3 rings (SSSR count). The number of ether oxygens (including phenoxy) is 1. The summed E-state index contributed by atoms with van der Waals surface area (Å²) in [5.41, 5.74) is 3.75. The molecule has 114 valence electrons. The molecule has 1 fully saturated rings. The molecule has 0 aromatic heterocycles. The second-order valence-electron chi connectivity index (χ2n) is 6.27. The highest BCUT2D eigenvalue weighted by molar-refractivity contribution is 5.83. The molecule has 1 aromatic rings. The molecule has 0 radical (unpaired) electrons. The van der Waals surface area contributed by atoms with Crippen LogP contribution in [0.5, 0.6) is 0 Å². The van der Waals surface area contributed by atoms with Gasteiger partial charge >= 0.3 is 0 Å². The van der Waals surface area contributed by atoms with Gasteiger partial charge in [0.15, 0.2) is 0 Å². The average Bonchev–Trinajstić information content (AvgIpc) is 2.91. The summed E-state index contributed by atoms with van der Waals surface area (Å²) < 4.78 is 5.15. The molecule has 1 amide bonds. The average molecular weight is 288 g/mol. The van der Waals surface area contributed by atoms with Gasteiger partial charge < -0.3 is 15.4 Å². The van der Waals surface area contributed by atoms with E-state index in [4.69, 9.17) is 4.74 Å².